The molecule has 1 aliphatic heterocycles. The maximum absolute atomic E-state index is 6.20. The molecule has 4 aromatic rings. The molecule has 5 nitrogen and oxygen atoms in total. The van der Waals surface area contributed by atoms with Crippen molar-refractivity contribution in [2.45, 2.75) is 53.5 Å². The predicted octanol–water partition coefficient (Wildman–Crippen LogP) is 6.98. The van der Waals surface area contributed by atoms with Crippen molar-refractivity contribution in [1.29, 1.82) is 0 Å². The molecular weight excluding hydrogens is 462 g/mol. The molecule has 1 aliphatic rings. The van der Waals surface area contributed by atoms with E-state index in [4.69, 9.17) is 16.7 Å². The van der Waals surface area contributed by atoms with Crippen molar-refractivity contribution in [3.05, 3.63) is 92.1 Å². The lowest BCUT2D eigenvalue weighted by molar-refractivity contribution is 0.590. The summed E-state index contributed by atoms with van der Waals surface area (Å²) in [4.78, 5) is 1.26. The first-order valence-electron chi connectivity index (χ1n) is 11.4. The number of hydrogen-bond donors (Lipinski definition) is 0. The van der Waals surface area contributed by atoms with Gasteiger partial charge in [-0.25, -0.2) is 5.01 Å². The van der Waals surface area contributed by atoms with E-state index in [2.05, 4.69) is 73.6 Å². The summed E-state index contributed by atoms with van der Waals surface area (Å²) in [7, 11) is 0. The lowest BCUT2D eigenvalue weighted by Gasteiger charge is -2.21. The molecule has 174 valence electrons. The van der Waals surface area contributed by atoms with Gasteiger partial charge in [-0.3, -0.25) is 4.57 Å². The number of aromatic nitrogens is 3. The quantitative estimate of drug-likeness (QED) is 0.312. The van der Waals surface area contributed by atoms with E-state index in [9.17, 15) is 0 Å². The van der Waals surface area contributed by atoms with E-state index in [-0.39, 0.29) is 5.41 Å². The van der Waals surface area contributed by atoms with Gasteiger partial charge in [0.25, 0.3) is 5.95 Å². The summed E-state index contributed by atoms with van der Waals surface area (Å²) in [6.07, 6.45) is 0. The van der Waals surface area contributed by atoms with Crippen LogP contribution in [0.4, 0.5) is 5.95 Å². The van der Waals surface area contributed by atoms with Crippen LogP contribution >= 0.6 is 22.9 Å². The van der Waals surface area contributed by atoms with Crippen LogP contribution in [-0.2, 0) is 12.0 Å². The summed E-state index contributed by atoms with van der Waals surface area (Å²) < 4.78 is 2.13. The topological polar surface area (TPSA) is 46.3 Å². The van der Waals surface area contributed by atoms with Crippen LogP contribution < -0.4 is 5.01 Å². The normalized spacial score (nSPS) is 13.4. The molecule has 0 unspecified atom stereocenters. The first-order valence-corrected chi connectivity index (χ1v) is 12.6. The molecule has 34 heavy (non-hydrogen) atoms. The van der Waals surface area contributed by atoms with Crippen LogP contribution in [0.15, 0.2) is 53.6 Å². The molecule has 0 spiro atoms. The highest BCUT2D eigenvalue weighted by Gasteiger charge is 2.30. The van der Waals surface area contributed by atoms with E-state index in [1.54, 1.807) is 11.3 Å². The SMILES string of the molecule is Cc1sc2c(c1C)C(c1ccc(Cl)cc1)=NN(Cc1ccc(C(C)(C)C)cc1)c1nnc(C)n1-2. The molecule has 2 aromatic carbocycles. The third kappa shape index (κ3) is 3.95. The minimum atomic E-state index is 0.113. The predicted molar refractivity (Wildman–Crippen MR) is 142 cm³/mol. The molecule has 7 heteroatoms. The number of halogens is 1. The van der Waals surface area contributed by atoms with Gasteiger partial charge >= 0.3 is 0 Å². The molecule has 0 atom stereocenters. The van der Waals surface area contributed by atoms with Crippen molar-refractivity contribution in [3.63, 3.8) is 0 Å². The number of fused-ring (bicyclic) bond motifs is 3. The van der Waals surface area contributed by atoms with Crippen LogP contribution in [0.25, 0.3) is 5.00 Å². The molecule has 0 amide bonds. The lowest BCUT2D eigenvalue weighted by atomic mass is 9.87. The van der Waals surface area contributed by atoms with Crippen LogP contribution in [0.2, 0.25) is 5.02 Å². The van der Waals surface area contributed by atoms with Crippen molar-refractivity contribution >= 4 is 34.6 Å². The molecule has 2 aromatic heterocycles. The first-order chi connectivity index (χ1) is 16.1. The van der Waals surface area contributed by atoms with Gasteiger partial charge in [-0.1, -0.05) is 68.8 Å². The molecule has 0 bridgehead atoms. The zero-order valence-corrected chi connectivity index (χ0v) is 21.9. The van der Waals surface area contributed by atoms with Gasteiger partial charge in [-0.2, -0.15) is 5.10 Å². The summed E-state index contributed by atoms with van der Waals surface area (Å²) in [6, 6.07) is 16.7. The molecule has 0 N–H and O–H groups in total. The molecular formula is C27H28ClN5S. The summed E-state index contributed by atoms with van der Waals surface area (Å²) >= 11 is 7.96. The Morgan fingerprint density at radius 1 is 0.912 bits per heavy atom. The number of thiophene rings is 1. The number of aryl methyl sites for hydroxylation is 2. The first kappa shape index (κ1) is 22.8. The Bertz CT molecular complexity index is 1390. The fraction of sp³-hybridized carbons (Fsp3) is 0.296. The van der Waals surface area contributed by atoms with Gasteiger partial charge in [0.1, 0.15) is 16.5 Å². The van der Waals surface area contributed by atoms with Crippen LogP contribution in [0, 0.1) is 20.8 Å². The summed E-state index contributed by atoms with van der Waals surface area (Å²) in [5.41, 5.74) is 6.88. The van der Waals surface area contributed by atoms with Crippen LogP contribution in [0.1, 0.15) is 59.3 Å². The molecule has 0 saturated heterocycles. The van der Waals surface area contributed by atoms with E-state index in [0.717, 1.165) is 39.2 Å². The molecule has 3 heterocycles. The maximum atomic E-state index is 6.20. The number of hydrazone groups is 1. The van der Waals surface area contributed by atoms with E-state index < -0.39 is 0 Å². The summed E-state index contributed by atoms with van der Waals surface area (Å²) in [6.45, 7) is 13.6. The van der Waals surface area contributed by atoms with Crippen molar-refractivity contribution in [1.82, 2.24) is 14.8 Å². The van der Waals surface area contributed by atoms with Crippen molar-refractivity contribution in [2.24, 2.45) is 5.10 Å². The monoisotopic (exact) mass is 489 g/mol. The Balaban J connectivity index is 1.67. The zero-order valence-electron chi connectivity index (χ0n) is 20.3. The average Bonchev–Trinajstić information content (AvgIpc) is 3.26. The third-order valence-electron chi connectivity index (χ3n) is 6.34. The number of benzene rings is 2. The highest BCUT2D eigenvalue weighted by Crippen LogP contribution is 2.38. The van der Waals surface area contributed by atoms with E-state index in [0.29, 0.717) is 11.6 Å². The van der Waals surface area contributed by atoms with Gasteiger partial charge in [-0.15, -0.1) is 21.5 Å². The Hall–Kier alpha value is -2.96. The second-order valence-electron chi connectivity index (χ2n) is 9.81. The Labute approximate surface area is 209 Å². The van der Waals surface area contributed by atoms with E-state index in [1.807, 2.05) is 36.2 Å². The minimum Gasteiger partial charge on any atom is -0.254 e. The number of nitrogens with zero attached hydrogens (tertiary/aromatic N) is 5. The fourth-order valence-corrected chi connectivity index (χ4v) is 5.54. The number of hydrogen-bond acceptors (Lipinski definition) is 5. The second kappa shape index (κ2) is 8.36. The number of anilines is 1. The van der Waals surface area contributed by atoms with Crippen molar-refractivity contribution < 1.29 is 0 Å². The highest BCUT2D eigenvalue weighted by molar-refractivity contribution is 7.15. The van der Waals surface area contributed by atoms with E-state index >= 15 is 0 Å². The van der Waals surface area contributed by atoms with Crippen molar-refractivity contribution in [3.8, 4) is 5.00 Å². The van der Waals surface area contributed by atoms with Crippen LogP contribution in [-0.4, -0.2) is 20.5 Å². The molecule has 5 rings (SSSR count). The second-order valence-corrected chi connectivity index (χ2v) is 11.4. The Morgan fingerprint density at radius 3 is 2.24 bits per heavy atom. The zero-order chi connectivity index (χ0) is 24.2. The molecule has 0 saturated carbocycles. The van der Waals surface area contributed by atoms with Crippen LogP contribution in [0.5, 0.6) is 0 Å². The van der Waals surface area contributed by atoms with Gasteiger partial charge in [0.05, 0.1) is 6.54 Å². The summed E-state index contributed by atoms with van der Waals surface area (Å²) in [5.74, 6) is 1.57. The largest absolute Gasteiger partial charge is 0.254 e. The molecule has 0 radical (unpaired) electrons. The Kier molecular flexibility index (Phi) is 5.61. The smallest absolute Gasteiger partial charge is 0.253 e. The van der Waals surface area contributed by atoms with Gasteiger partial charge in [0.2, 0.25) is 0 Å². The third-order valence-corrected chi connectivity index (χ3v) is 7.78. The highest BCUT2D eigenvalue weighted by atomic mass is 35.5. The minimum absolute atomic E-state index is 0.113. The fourth-order valence-electron chi connectivity index (χ4n) is 4.22. The van der Waals surface area contributed by atoms with Crippen molar-refractivity contribution in [2.75, 3.05) is 5.01 Å². The molecule has 0 aliphatic carbocycles. The van der Waals surface area contributed by atoms with Gasteiger partial charge in [0.15, 0.2) is 0 Å². The number of rotatable bonds is 3. The Morgan fingerprint density at radius 2 is 1.59 bits per heavy atom. The summed E-state index contributed by atoms with van der Waals surface area (Å²) in [5, 5.41) is 17.9. The lowest BCUT2D eigenvalue weighted by Crippen LogP contribution is -2.21. The van der Waals surface area contributed by atoms with Gasteiger partial charge in [-0.05, 0) is 55.0 Å². The molecule has 0 fully saturated rings. The standard InChI is InChI=1S/C27H28ClN5S/c1-16-17(2)34-25-23(16)24(20-9-13-22(28)14-10-20)31-32(26-30-29-18(3)33(25)26)15-19-7-11-21(12-8-19)27(4,5)6/h7-14H,15H2,1-6H3. The van der Waals surface area contributed by atoms with Gasteiger partial charge < -0.3 is 0 Å². The average molecular weight is 490 g/mol. The van der Waals surface area contributed by atoms with Crippen LogP contribution in [0.3, 0.4) is 0 Å². The van der Waals surface area contributed by atoms with Gasteiger partial charge in [0, 0.05) is 21.0 Å². The maximum Gasteiger partial charge on any atom is 0.253 e. The van der Waals surface area contributed by atoms with E-state index in [1.165, 1.54) is 16.0 Å².